The molecule has 3 nitrogen and oxygen atoms in total. The molecule has 1 N–H and O–H groups in total. The standard InChI is InChI=1S/C22H30O3/c1-16-9-10-18(15-17(16)2)11-12-19-13-14-21(23)20(19)7-5-3-4-6-8-22(24)25/h9-12,15,19-20H,3-8,13-14H2,1-2H3,(H,24,25)/t19-,20+/m1/s1. The molecule has 0 amide bonds. The molecule has 0 saturated heterocycles. The number of aryl methyl sites for hydroxylation is 2. The Morgan fingerprint density at radius 1 is 1.16 bits per heavy atom. The molecule has 2 atom stereocenters. The molecule has 1 saturated carbocycles. The lowest BCUT2D eigenvalue weighted by Crippen LogP contribution is -2.13. The van der Waals surface area contributed by atoms with E-state index >= 15 is 0 Å². The van der Waals surface area contributed by atoms with Crippen LogP contribution in [0, 0.1) is 25.7 Å². The summed E-state index contributed by atoms with van der Waals surface area (Å²) in [6.45, 7) is 4.24. The van der Waals surface area contributed by atoms with E-state index in [1.165, 1.54) is 16.7 Å². The highest BCUT2D eigenvalue weighted by Gasteiger charge is 2.32. The fraction of sp³-hybridized carbons (Fsp3) is 0.545. The molecule has 0 bridgehead atoms. The van der Waals surface area contributed by atoms with Crippen LogP contribution in [0.15, 0.2) is 24.3 Å². The number of benzene rings is 1. The van der Waals surface area contributed by atoms with Gasteiger partial charge in [0.15, 0.2) is 0 Å². The largest absolute Gasteiger partial charge is 0.481 e. The van der Waals surface area contributed by atoms with Crippen molar-refractivity contribution in [3.05, 3.63) is 41.0 Å². The number of carboxylic acid groups (broad SMARTS) is 1. The number of ketones is 1. The van der Waals surface area contributed by atoms with Crippen molar-refractivity contribution in [3.8, 4) is 0 Å². The van der Waals surface area contributed by atoms with Gasteiger partial charge in [-0.25, -0.2) is 0 Å². The van der Waals surface area contributed by atoms with Gasteiger partial charge in [-0.2, -0.15) is 0 Å². The van der Waals surface area contributed by atoms with Crippen LogP contribution in [0.25, 0.3) is 6.08 Å². The molecule has 136 valence electrons. The molecular weight excluding hydrogens is 312 g/mol. The topological polar surface area (TPSA) is 54.4 Å². The highest BCUT2D eigenvalue weighted by atomic mass is 16.4. The molecular formula is C22H30O3. The summed E-state index contributed by atoms with van der Waals surface area (Å²) in [4.78, 5) is 22.7. The fourth-order valence-corrected chi connectivity index (χ4v) is 3.64. The Balaban J connectivity index is 1.82. The first-order valence-electron chi connectivity index (χ1n) is 9.47. The van der Waals surface area contributed by atoms with Crippen molar-refractivity contribution in [2.24, 2.45) is 11.8 Å². The third kappa shape index (κ3) is 6.15. The third-order valence-electron chi connectivity index (χ3n) is 5.38. The van der Waals surface area contributed by atoms with Crippen molar-refractivity contribution in [1.29, 1.82) is 0 Å². The Bertz CT molecular complexity index is 630. The average molecular weight is 342 g/mol. The zero-order valence-corrected chi connectivity index (χ0v) is 15.5. The van der Waals surface area contributed by atoms with E-state index in [0.29, 0.717) is 18.1 Å². The quantitative estimate of drug-likeness (QED) is 0.617. The van der Waals surface area contributed by atoms with E-state index in [-0.39, 0.29) is 12.3 Å². The summed E-state index contributed by atoms with van der Waals surface area (Å²) in [5, 5.41) is 8.65. The van der Waals surface area contributed by atoms with Gasteiger partial charge >= 0.3 is 5.97 Å². The molecule has 25 heavy (non-hydrogen) atoms. The second-order valence-corrected chi connectivity index (χ2v) is 7.32. The minimum atomic E-state index is -0.720. The first-order chi connectivity index (χ1) is 12.0. The van der Waals surface area contributed by atoms with Crippen LogP contribution in [0.2, 0.25) is 0 Å². The van der Waals surface area contributed by atoms with E-state index < -0.39 is 5.97 Å². The van der Waals surface area contributed by atoms with Gasteiger partial charge in [-0.3, -0.25) is 9.59 Å². The van der Waals surface area contributed by atoms with Gasteiger partial charge < -0.3 is 5.11 Å². The van der Waals surface area contributed by atoms with Crippen LogP contribution >= 0.6 is 0 Å². The van der Waals surface area contributed by atoms with E-state index in [4.69, 9.17) is 5.11 Å². The van der Waals surface area contributed by atoms with Crippen LogP contribution in [-0.2, 0) is 9.59 Å². The van der Waals surface area contributed by atoms with Crippen molar-refractivity contribution >= 4 is 17.8 Å². The number of carboxylic acids is 1. The summed E-state index contributed by atoms with van der Waals surface area (Å²) in [6, 6.07) is 6.47. The van der Waals surface area contributed by atoms with Crippen molar-refractivity contribution in [2.45, 2.75) is 65.2 Å². The highest BCUT2D eigenvalue weighted by molar-refractivity contribution is 5.84. The number of carbonyl (C=O) groups is 2. The predicted octanol–water partition coefficient (Wildman–Crippen LogP) is 5.34. The number of aliphatic carboxylic acids is 1. The minimum absolute atomic E-state index is 0.155. The summed E-state index contributed by atoms with van der Waals surface area (Å²) in [6.07, 6.45) is 11.0. The van der Waals surface area contributed by atoms with Crippen molar-refractivity contribution < 1.29 is 14.7 Å². The molecule has 0 aromatic heterocycles. The van der Waals surface area contributed by atoms with Crippen molar-refractivity contribution in [2.75, 3.05) is 0 Å². The molecule has 3 heteroatoms. The predicted molar refractivity (Wildman–Crippen MR) is 102 cm³/mol. The zero-order chi connectivity index (χ0) is 18.2. The molecule has 1 fully saturated rings. The summed E-state index contributed by atoms with van der Waals surface area (Å²) >= 11 is 0. The van der Waals surface area contributed by atoms with E-state index in [2.05, 4.69) is 44.2 Å². The SMILES string of the molecule is Cc1ccc(C=C[C@@H]2CCC(=O)[C@H]2CCCCCCC(=O)O)cc1C. The molecule has 1 aliphatic carbocycles. The molecule has 2 rings (SSSR count). The van der Waals surface area contributed by atoms with E-state index in [9.17, 15) is 9.59 Å². The van der Waals surface area contributed by atoms with Gasteiger partial charge in [-0.1, -0.05) is 49.6 Å². The molecule has 0 heterocycles. The molecule has 0 radical (unpaired) electrons. The normalized spacial score (nSPS) is 20.5. The first kappa shape index (κ1) is 19.4. The van der Waals surface area contributed by atoms with Gasteiger partial charge in [0.1, 0.15) is 5.78 Å². The number of carbonyl (C=O) groups excluding carboxylic acids is 1. The Hall–Kier alpha value is -1.90. The summed E-state index contributed by atoms with van der Waals surface area (Å²) in [7, 11) is 0. The van der Waals surface area contributed by atoms with Crippen LogP contribution in [0.1, 0.15) is 68.1 Å². The molecule has 1 aromatic carbocycles. The Kier molecular flexibility index (Phi) is 7.42. The molecule has 0 spiro atoms. The Morgan fingerprint density at radius 3 is 2.64 bits per heavy atom. The van der Waals surface area contributed by atoms with E-state index in [0.717, 1.165) is 38.5 Å². The molecule has 0 aliphatic heterocycles. The van der Waals surface area contributed by atoms with Gasteiger partial charge in [0.2, 0.25) is 0 Å². The first-order valence-corrected chi connectivity index (χ1v) is 9.47. The number of Topliss-reactive ketones (excluding diaryl/α,β-unsaturated/α-hetero) is 1. The van der Waals surface area contributed by atoms with Crippen LogP contribution in [-0.4, -0.2) is 16.9 Å². The lowest BCUT2D eigenvalue weighted by molar-refractivity contribution is -0.137. The van der Waals surface area contributed by atoms with Crippen LogP contribution in [0.3, 0.4) is 0 Å². The maximum Gasteiger partial charge on any atom is 0.303 e. The van der Waals surface area contributed by atoms with Gasteiger partial charge in [0.25, 0.3) is 0 Å². The number of allylic oxidation sites excluding steroid dienone is 1. The molecule has 1 aromatic rings. The third-order valence-corrected chi connectivity index (χ3v) is 5.38. The minimum Gasteiger partial charge on any atom is -0.481 e. The van der Waals surface area contributed by atoms with Gasteiger partial charge in [-0.15, -0.1) is 0 Å². The average Bonchev–Trinajstić information content (AvgIpc) is 2.92. The maximum absolute atomic E-state index is 12.2. The zero-order valence-electron chi connectivity index (χ0n) is 15.5. The second kappa shape index (κ2) is 9.55. The fourth-order valence-electron chi connectivity index (χ4n) is 3.64. The number of hydrogen-bond donors (Lipinski definition) is 1. The lowest BCUT2D eigenvalue weighted by Gasteiger charge is -2.15. The number of unbranched alkanes of at least 4 members (excludes halogenated alkanes) is 3. The Labute approximate surface area is 151 Å². The van der Waals surface area contributed by atoms with Gasteiger partial charge in [0.05, 0.1) is 0 Å². The van der Waals surface area contributed by atoms with Gasteiger partial charge in [-0.05, 0) is 55.7 Å². The van der Waals surface area contributed by atoms with Crippen molar-refractivity contribution in [1.82, 2.24) is 0 Å². The summed E-state index contributed by atoms with van der Waals surface area (Å²) < 4.78 is 0. The monoisotopic (exact) mass is 342 g/mol. The summed E-state index contributed by atoms with van der Waals surface area (Å²) in [5.74, 6) is 0.193. The number of hydrogen-bond acceptors (Lipinski definition) is 2. The van der Waals surface area contributed by atoms with Crippen LogP contribution < -0.4 is 0 Å². The van der Waals surface area contributed by atoms with E-state index in [1.54, 1.807) is 0 Å². The summed E-state index contributed by atoms with van der Waals surface area (Å²) in [5.41, 5.74) is 3.80. The second-order valence-electron chi connectivity index (χ2n) is 7.32. The van der Waals surface area contributed by atoms with Crippen molar-refractivity contribution in [3.63, 3.8) is 0 Å². The van der Waals surface area contributed by atoms with Crippen LogP contribution in [0.5, 0.6) is 0 Å². The van der Waals surface area contributed by atoms with E-state index in [1.807, 2.05) is 0 Å². The smallest absolute Gasteiger partial charge is 0.303 e. The molecule has 1 aliphatic rings. The van der Waals surface area contributed by atoms with Crippen LogP contribution in [0.4, 0.5) is 0 Å². The highest BCUT2D eigenvalue weighted by Crippen LogP contribution is 2.34. The van der Waals surface area contributed by atoms with Gasteiger partial charge in [0, 0.05) is 18.8 Å². The molecule has 0 unspecified atom stereocenters. The number of rotatable bonds is 9. The maximum atomic E-state index is 12.2. The lowest BCUT2D eigenvalue weighted by atomic mass is 9.89. The Morgan fingerprint density at radius 2 is 1.92 bits per heavy atom.